The van der Waals surface area contributed by atoms with Crippen LogP contribution in [0.5, 0.6) is 0 Å². The van der Waals surface area contributed by atoms with Crippen LogP contribution < -0.4 is 11.3 Å². The van der Waals surface area contributed by atoms with Crippen molar-refractivity contribution in [1.29, 1.82) is 0 Å². The molecule has 19 heavy (non-hydrogen) atoms. The largest absolute Gasteiger partial charge is 0.294 e. The Labute approximate surface area is 116 Å². The zero-order valence-corrected chi connectivity index (χ0v) is 12.5. The quantitative estimate of drug-likeness (QED) is 0.371. The molecule has 0 bridgehead atoms. The lowest BCUT2D eigenvalue weighted by molar-refractivity contribution is -0.121. The molecule has 1 amide bonds. The Morgan fingerprint density at radius 2 is 1.95 bits per heavy atom. The van der Waals surface area contributed by atoms with Gasteiger partial charge in [0, 0.05) is 6.42 Å². The van der Waals surface area contributed by atoms with Crippen molar-refractivity contribution < 1.29 is 4.79 Å². The van der Waals surface area contributed by atoms with Crippen LogP contribution in [0.15, 0.2) is 18.2 Å². The SMILES string of the molecule is Cc1ccc(C(C)(C)C)cc1CCCCC(=O)NN. The van der Waals surface area contributed by atoms with E-state index in [0.717, 1.165) is 19.3 Å². The number of nitrogens with two attached hydrogens (primary N) is 1. The number of rotatable bonds is 5. The molecule has 0 saturated heterocycles. The molecule has 0 spiro atoms. The molecule has 1 aromatic carbocycles. The minimum absolute atomic E-state index is 0.0832. The zero-order valence-electron chi connectivity index (χ0n) is 12.5. The molecule has 106 valence electrons. The molecule has 0 fully saturated rings. The van der Waals surface area contributed by atoms with E-state index < -0.39 is 0 Å². The molecule has 3 N–H and O–H groups in total. The van der Waals surface area contributed by atoms with Crippen LogP contribution >= 0.6 is 0 Å². The predicted octanol–water partition coefficient (Wildman–Crippen LogP) is 3.00. The van der Waals surface area contributed by atoms with Crippen LogP contribution in [0.3, 0.4) is 0 Å². The van der Waals surface area contributed by atoms with Crippen molar-refractivity contribution in [3.63, 3.8) is 0 Å². The van der Waals surface area contributed by atoms with Crippen molar-refractivity contribution in [3.8, 4) is 0 Å². The summed E-state index contributed by atoms with van der Waals surface area (Å²) in [5.74, 6) is 4.97. The lowest BCUT2D eigenvalue weighted by atomic mass is 9.84. The number of carbonyl (C=O) groups is 1. The third-order valence-corrected chi connectivity index (χ3v) is 3.48. The molecule has 0 radical (unpaired) electrons. The van der Waals surface area contributed by atoms with Crippen LogP contribution in [0.2, 0.25) is 0 Å². The Hall–Kier alpha value is -1.35. The number of aryl methyl sites for hydroxylation is 2. The molecule has 0 atom stereocenters. The molecule has 3 heteroatoms. The Kier molecular flexibility index (Phi) is 5.55. The van der Waals surface area contributed by atoms with E-state index in [0.29, 0.717) is 6.42 Å². The van der Waals surface area contributed by atoms with E-state index >= 15 is 0 Å². The number of hydrogen-bond donors (Lipinski definition) is 2. The van der Waals surface area contributed by atoms with E-state index in [1.54, 1.807) is 0 Å². The van der Waals surface area contributed by atoms with Gasteiger partial charge in [-0.05, 0) is 48.3 Å². The second-order valence-electron chi connectivity index (χ2n) is 6.17. The van der Waals surface area contributed by atoms with Gasteiger partial charge in [0.05, 0.1) is 0 Å². The van der Waals surface area contributed by atoms with Crippen LogP contribution in [0, 0.1) is 6.92 Å². The van der Waals surface area contributed by atoms with E-state index in [1.807, 2.05) is 0 Å². The Bertz CT molecular complexity index is 433. The van der Waals surface area contributed by atoms with E-state index in [-0.39, 0.29) is 11.3 Å². The minimum atomic E-state index is -0.0832. The van der Waals surface area contributed by atoms with E-state index in [9.17, 15) is 4.79 Å². The number of hydrogen-bond acceptors (Lipinski definition) is 2. The minimum Gasteiger partial charge on any atom is -0.294 e. The van der Waals surface area contributed by atoms with Crippen LogP contribution in [0.4, 0.5) is 0 Å². The van der Waals surface area contributed by atoms with Crippen LogP contribution in [-0.2, 0) is 16.6 Å². The first-order chi connectivity index (χ1) is 8.84. The maximum atomic E-state index is 11.0. The predicted molar refractivity (Wildman–Crippen MR) is 79.8 cm³/mol. The Morgan fingerprint density at radius 3 is 2.53 bits per heavy atom. The molecular weight excluding hydrogens is 236 g/mol. The summed E-state index contributed by atoms with van der Waals surface area (Å²) >= 11 is 0. The molecule has 0 aliphatic rings. The fourth-order valence-electron chi connectivity index (χ4n) is 2.08. The summed E-state index contributed by atoms with van der Waals surface area (Å²) in [5.41, 5.74) is 6.44. The maximum absolute atomic E-state index is 11.0. The van der Waals surface area contributed by atoms with Crippen LogP contribution in [0.25, 0.3) is 0 Å². The summed E-state index contributed by atoms with van der Waals surface area (Å²) in [4.78, 5) is 11.0. The monoisotopic (exact) mass is 262 g/mol. The van der Waals surface area contributed by atoms with Gasteiger partial charge in [-0.1, -0.05) is 39.0 Å². The van der Waals surface area contributed by atoms with Gasteiger partial charge in [-0.2, -0.15) is 0 Å². The second kappa shape index (κ2) is 6.71. The fraction of sp³-hybridized carbons (Fsp3) is 0.562. The van der Waals surface area contributed by atoms with Gasteiger partial charge < -0.3 is 0 Å². The number of nitrogens with one attached hydrogen (secondary N) is 1. The van der Waals surface area contributed by atoms with Crippen molar-refractivity contribution >= 4 is 5.91 Å². The van der Waals surface area contributed by atoms with Gasteiger partial charge >= 0.3 is 0 Å². The summed E-state index contributed by atoms with van der Waals surface area (Å²) < 4.78 is 0. The van der Waals surface area contributed by atoms with Gasteiger partial charge in [-0.3, -0.25) is 10.2 Å². The molecule has 3 nitrogen and oxygen atoms in total. The molecule has 0 aliphatic heterocycles. The normalized spacial score (nSPS) is 11.4. The molecule has 0 saturated carbocycles. The standard InChI is InChI=1S/C16H26N2O/c1-12-9-10-14(16(2,3)4)11-13(12)7-5-6-8-15(19)18-17/h9-11H,5-8,17H2,1-4H3,(H,18,19). The van der Waals surface area contributed by atoms with Gasteiger partial charge in [-0.15, -0.1) is 0 Å². The highest BCUT2D eigenvalue weighted by Crippen LogP contribution is 2.25. The van der Waals surface area contributed by atoms with Gasteiger partial charge in [0.15, 0.2) is 0 Å². The van der Waals surface area contributed by atoms with Gasteiger partial charge in [0.1, 0.15) is 0 Å². The van der Waals surface area contributed by atoms with E-state index in [1.165, 1.54) is 16.7 Å². The van der Waals surface area contributed by atoms with Crippen molar-refractivity contribution in [1.82, 2.24) is 5.43 Å². The highest BCUT2D eigenvalue weighted by molar-refractivity contribution is 5.75. The van der Waals surface area contributed by atoms with E-state index in [4.69, 9.17) is 5.84 Å². The molecule has 0 unspecified atom stereocenters. The average molecular weight is 262 g/mol. The van der Waals surface area contributed by atoms with Crippen molar-refractivity contribution in [2.45, 2.75) is 58.8 Å². The highest BCUT2D eigenvalue weighted by atomic mass is 16.2. The van der Waals surface area contributed by atoms with Gasteiger partial charge in [0.2, 0.25) is 5.91 Å². The summed E-state index contributed by atoms with van der Waals surface area (Å²) in [6, 6.07) is 6.71. The van der Waals surface area contributed by atoms with Crippen molar-refractivity contribution in [2.75, 3.05) is 0 Å². The number of unbranched alkanes of at least 4 members (excludes halogenated alkanes) is 1. The second-order valence-corrected chi connectivity index (χ2v) is 6.17. The van der Waals surface area contributed by atoms with Crippen LogP contribution in [0.1, 0.15) is 56.7 Å². The summed E-state index contributed by atoms with van der Waals surface area (Å²) in [5, 5.41) is 0. The van der Waals surface area contributed by atoms with Crippen molar-refractivity contribution in [3.05, 3.63) is 34.9 Å². The van der Waals surface area contributed by atoms with Gasteiger partial charge in [0.25, 0.3) is 0 Å². The molecule has 0 heterocycles. The Balaban J connectivity index is 2.60. The smallest absolute Gasteiger partial charge is 0.233 e. The maximum Gasteiger partial charge on any atom is 0.233 e. The number of benzene rings is 1. The number of carbonyl (C=O) groups excluding carboxylic acids is 1. The van der Waals surface area contributed by atoms with E-state index in [2.05, 4.69) is 51.3 Å². The van der Waals surface area contributed by atoms with Crippen LogP contribution in [-0.4, -0.2) is 5.91 Å². The van der Waals surface area contributed by atoms with Crippen molar-refractivity contribution in [2.24, 2.45) is 5.84 Å². The Morgan fingerprint density at radius 1 is 1.26 bits per heavy atom. The topological polar surface area (TPSA) is 55.1 Å². The summed E-state index contributed by atoms with van der Waals surface area (Å²) in [6.07, 6.45) is 3.42. The number of hydrazine groups is 1. The molecular formula is C16H26N2O. The fourth-order valence-corrected chi connectivity index (χ4v) is 2.08. The lowest BCUT2D eigenvalue weighted by Gasteiger charge is -2.21. The molecule has 1 aromatic rings. The van der Waals surface area contributed by atoms with Gasteiger partial charge in [-0.25, -0.2) is 5.84 Å². The lowest BCUT2D eigenvalue weighted by Crippen LogP contribution is -2.29. The summed E-state index contributed by atoms with van der Waals surface area (Å²) in [6.45, 7) is 8.83. The summed E-state index contributed by atoms with van der Waals surface area (Å²) in [7, 11) is 0. The average Bonchev–Trinajstić information content (AvgIpc) is 2.34. The first kappa shape index (κ1) is 15.7. The molecule has 0 aliphatic carbocycles. The number of amides is 1. The first-order valence-electron chi connectivity index (χ1n) is 6.94. The third kappa shape index (κ3) is 5.03. The zero-order chi connectivity index (χ0) is 14.5. The first-order valence-corrected chi connectivity index (χ1v) is 6.94. The molecule has 0 aromatic heterocycles. The highest BCUT2D eigenvalue weighted by Gasteiger charge is 2.14. The third-order valence-electron chi connectivity index (χ3n) is 3.48. The molecule has 1 rings (SSSR count).